The molecule has 0 spiro atoms. The summed E-state index contributed by atoms with van der Waals surface area (Å²) in [4.78, 5) is 30.4. The fourth-order valence-corrected chi connectivity index (χ4v) is 2.60. The highest BCUT2D eigenvalue weighted by atomic mass is 16.2. The third-order valence-corrected chi connectivity index (χ3v) is 3.98. The Balaban J connectivity index is 1.82. The monoisotopic (exact) mass is 333 g/mol. The Morgan fingerprint density at radius 2 is 2.00 bits per heavy atom. The first-order chi connectivity index (χ1) is 11.6. The summed E-state index contributed by atoms with van der Waals surface area (Å²) in [5, 5.41) is 8.06. The fourth-order valence-electron chi connectivity index (χ4n) is 2.60. The van der Waals surface area contributed by atoms with Crippen LogP contribution in [0.1, 0.15) is 39.5 Å². The summed E-state index contributed by atoms with van der Waals surface area (Å²) in [5.41, 5.74) is 0.606. The maximum absolute atomic E-state index is 11.9. The van der Waals surface area contributed by atoms with E-state index < -0.39 is 12.1 Å². The SMILES string of the molecule is CCCNC(=O)[C@H](C)NC(=O)Nc1ccc(N2CCCCC2)nc1. The van der Waals surface area contributed by atoms with Gasteiger partial charge in [0.2, 0.25) is 5.91 Å². The molecule has 1 aromatic heterocycles. The van der Waals surface area contributed by atoms with Gasteiger partial charge in [-0.15, -0.1) is 0 Å². The summed E-state index contributed by atoms with van der Waals surface area (Å²) < 4.78 is 0. The van der Waals surface area contributed by atoms with E-state index in [1.165, 1.54) is 19.3 Å². The normalized spacial score (nSPS) is 15.5. The number of pyridine rings is 1. The Bertz CT molecular complexity index is 540. The highest BCUT2D eigenvalue weighted by Gasteiger charge is 2.15. The van der Waals surface area contributed by atoms with Crippen molar-refractivity contribution in [2.75, 3.05) is 29.9 Å². The number of nitrogens with zero attached hydrogens (tertiary/aromatic N) is 2. The highest BCUT2D eigenvalue weighted by Crippen LogP contribution is 2.18. The number of hydrogen-bond acceptors (Lipinski definition) is 4. The summed E-state index contributed by atoms with van der Waals surface area (Å²) >= 11 is 0. The van der Waals surface area contributed by atoms with Crippen LogP contribution in [0.25, 0.3) is 0 Å². The molecule has 7 nitrogen and oxygen atoms in total. The van der Waals surface area contributed by atoms with Crippen molar-refractivity contribution in [3.8, 4) is 0 Å². The van der Waals surface area contributed by atoms with Gasteiger partial charge in [0.05, 0.1) is 11.9 Å². The molecular weight excluding hydrogens is 306 g/mol. The van der Waals surface area contributed by atoms with Gasteiger partial charge in [0.15, 0.2) is 0 Å². The zero-order valence-electron chi connectivity index (χ0n) is 14.5. The minimum Gasteiger partial charge on any atom is -0.357 e. The summed E-state index contributed by atoms with van der Waals surface area (Å²) in [6, 6.07) is 2.75. The van der Waals surface area contributed by atoms with Crippen LogP contribution in [0.2, 0.25) is 0 Å². The molecule has 0 bridgehead atoms. The molecule has 1 saturated heterocycles. The van der Waals surface area contributed by atoms with Crippen LogP contribution < -0.4 is 20.9 Å². The number of carbonyl (C=O) groups is 2. The van der Waals surface area contributed by atoms with E-state index >= 15 is 0 Å². The summed E-state index contributed by atoms with van der Waals surface area (Å²) in [6.45, 7) is 6.30. The lowest BCUT2D eigenvalue weighted by Gasteiger charge is -2.27. The molecule has 1 aliphatic heterocycles. The molecule has 3 amide bonds. The number of anilines is 2. The van der Waals surface area contributed by atoms with Crippen molar-refractivity contribution in [3.63, 3.8) is 0 Å². The second-order valence-electron chi connectivity index (χ2n) is 6.06. The van der Waals surface area contributed by atoms with Crippen LogP contribution in [0.4, 0.5) is 16.3 Å². The molecule has 2 rings (SSSR count). The number of carbonyl (C=O) groups excluding carboxylic acids is 2. The molecule has 1 aliphatic rings. The number of urea groups is 1. The fraction of sp³-hybridized carbons (Fsp3) is 0.588. The largest absolute Gasteiger partial charge is 0.357 e. The molecule has 1 aromatic rings. The quantitative estimate of drug-likeness (QED) is 0.744. The van der Waals surface area contributed by atoms with Crippen molar-refractivity contribution >= 4 is 23.4 Å². The summed E-state index contributed by atoms with van der Waals surface area (Å²) in [7, 11) is 0. The van der Waals surface area contributed by atoms with E-state index in [0.29, 0.717) is 12.2 Å². The standard InChI is InChI=1S/C17H27N5O2/c1-3-9-18-16(23)13(2)20-17(24)21-14-7-8-15(19-12-14)22-10-5-4-6-11-22/h7-8,12-13H,3-6,9-11H2,1-2H3,(H,18,23)(H2,20,21,24)/t13-/m0/s1. The predicted octanol–water partition coefficient (Wildman–Crippen LogP) is 2.11. The molecule has 24 heavy (non-hydrogen) atoms. The van der Waals surface area contributed by atoms with Gasteiger partial charge in [-0.05, 0) is 44.7 Å². The zero-order valence-corrected chi connectivity index (χ0v) is 14.5. The molecule has 0 aromatic carbocycles. The first kappa shape index (κ1) is 18.0. The van der Waals surface area contributed by atoms with Crippen molar-refractivity contribution in [1.82, 2.24) is 15.6 Å². The van der Waals surface area contributed by atoms with Crippen LogP contribution in [0.3, 0.4) is 0 Å². The molecule has 0 unspecified atom stereocenters. The van der Waals surface area contributed by atoms with Gasteiger partial charge >= 0.3 is 6.03 Å². The van der Waals surface area contributed by atoms with E-state index in [1.54, 1.807) is 13.1 Å². The number of nitrogens with one attached hydrogen (secondary N) is 3. The maximum atomic E-state index is 11.9. The van der Waals surface area contributed by atoms with E-state index in [9.17, 15) is 9.59 Å². The minimum atomic E-state index is -0.586. The van der Waals surface area contributed by atoms with Gasteiger partial charge in [0, 0.05) is 19.6 Å². The van der Waals surface area contributed by atoms with Gasteiger partial charge in [0.25, 0.3) is 0 Å². The van der Waals surface area contributed by atoms with E-state index in [-0.39, 0.29) is 5.91 Å². The number of aromatic nitrogens is 1. The van der Waals surface area contributed by atoms with E-state index in [2.05, 4.69) is 25.8 Å². The number of amides is 3. The molecule has 7 heteroatoms. The molecule has 0 radical (unpaired) electrons. The van der Waals surface area contributed by atoms with Gasteiger partial charge in [0.1, 0.15) is 11.9 Å². The Morgan fingerprint density at radius 1 is 1.25 bits per heavy atom. The van der Waals surface area contributed by atoms with Crippen molar-refractivity contribution in [3.05, 3.63) is 18.3 Å². The average Bonchev–Trinajstić information content (AvgIpc) is 2.61. The van der Waals surface area contributed by atoms with Crippen LogP contribution in [0.5, 0.6) is 0 Å². The lowest BCUT2D eigenvalue weighted by atomic mass is 10.1. The average molecular weight is 333 g/mol. The van der Waals surface area contributed by atoms with Crippen LogP contribution >= 0.6 is 0 Å². The minimum absolute atomic E-state index is 0.189. The lowest BCUT2D eigenvalue weighted by molar-refractivity contribution is -0.122. The predicted molar refractivity (Wildman–Crippen MR) is 95.2 cm³/mol. The van der Waals surface area contributed by atoms with E-state index in [0.717, 1.165) is 25.3 Å². The van der Waals surface area contributed by atoms with Crippen molar-refractivity contribution in [1.29, 1.82) is 0 Å². The van der Waals surface area contributed by atoms with E-state index in [1.807, 2.05) is 19.1 Å². The maximum Gasteiger partial charge on any atom is 0.319 e. The third kappa shape index (κ3) is 5.40. The van der Waals surface area contributed by atoms with Gasteiger partial charge in [-0.25, -0.2) is 9.78 Å². The number of hydrogen-bond donors (Lipinski definition) is 3. The van der Waals surface area contributed by atoms with Crippen molar-refractivity contribution in [2.45, 2.75) is 45.6 Å². The summed E-state index contributed by atoms with van der Waals surface area (Å²) in [5.74, 6) is 0.749. The van der Waals surface area contributed by atoms with Gasteiger partial charge < -0.3 is 20.9 Å². The van der Waals surface area contributed by atoms with Crippen molar-refractivity contribution in [2.24, 2.45) is 0 Å². The third-order valence-electron chi connectivity index (χ3n) is 3.98. The first-order valence-corrected chi connectivity index (χ1v) is 8.66. The Kier molecular flexibility index (Phi) is 6.84. The van der Waals surface area contributed by atoms with Crippen LogP contribution in [-0.2, 0) is 4.79 Å². The second kappa shape index (κ2) is 9.10. The van der Waals surface area contributed by atoms with Crippen LogP contribution in [0, 0.1) is 0 Å². The number of rotatable bonds is 6. The molecule has 1 atom stereocenters. The summed E-state index contributed by atoms with van der Waals surface area (Å²) in [6.07, 6.45) is 6.18. The molecule has 3 N–H and O–H groups in total. The molecule has 1 fully saturated rings. The van der Waals surface area contributed by atoms with Gasteiger partial charge in [-0.2, -0.15) is 0 Å². The Hall–Kier alpha value is -2.31. The van der Waals surface area contributed by atoms with Crippen LogP contribution in [0.15, 0.2) is 18.3 Å². The molecule has 132 valence electrons. The molecule has 0 saturated carbocycles. The highest BCUT2D eigenvalue weighted by molar-refractivity contribution is 5.93. The lowest BCUT2D eigenvalue weighted by Crippen LogP contribution is -2.46. The Labute approximate surface area is 143 Å². The number of piperidine rings is 1. The topological polar surface area (TPSA) is 86.4 Å². The smallest absolute Gasteiger partial charge is 0.319 e. The molecular formula is C17H27N5O2. The first-order valence-electron chi connectivity index (χ1n) is 8.66. The van der Waals surface area contributed by atoms with E-state index in [4.69, 9.17) is 0 Å². The van der Waals surface area contributed by atoms with Crippen molar-refractivity contribution < 1.29 is 9.59 Å². The molecule has 2 heterocycles. The Morgan fingerprint density at radius 3 is 2.62 bits per heavy atom. The second-order valence-corrected chi connectivity index (χ2v) is 6.06. The van der Waals surface area contributed by atoms with Gasteiger partial charge in [-0.1, -0.05) is 6.92 Å². The molecule has 0 aliphatic carbocycles. The van der Waals surface area contributed by atoms with Crippen LogP contribution in [-0.4, -0.2) is 42.6 Å². The zero-order chi connectivity index (χ0) is 17.4. The van der Waals surface area contributed by atoms with Gasteiger partial charge in [-0.3, -0.25) is 4.79 Å².